The van der Waals surface area contributed by atoms with Gasteiger partial charge in [0.15, 0.2) is 0 Å². The van der Waals surface area contributed by atoms with Crippen LogP contribution < -0.4 is 0 Å². The molecule has 0 spiro atoms. The SMILES string of the molecule is C=CCCC(CCC)CCC(C)C. The quantitative estimate of drug-likeness (QED) is 0.473. The van der Waals surface area contributed by atoms with Crippen molar-refractivity contribution < 1.29 is 0 Å². The molecule has 0 heterocycles. The van der Waals surface area contributed by atoms with E-state index in [0.29, 0.717) is 0 Å². The Balaban J connectivity index is 3.59. The molecule has 0 rings (SSSR count). The molecule has 0 N–H and O–H groups in total. The van der Waals surface area contributed by atoms with Gasteiger partial charge in [-0.1, -0.05) is 52.5 Å². The van der Waals surface area contributed by atoms with Crippen molar-refractivity contribution in [3.05, 3.63) is 12.7 Å². The average Bonchev–Trinajstić information content (AvgIpc) is 2.09. The van der Waals surface area contributed by atoms with Crippen LogP contribution in [0.5, 0.6) is 0 Å². The first-order valence-electron chi connectivity index (χ1n) is 5.81. The van der Waals surface area contributed by atoms with Crippen LogP contribution in [0.3, 0.4) is 0 Å². The zero-order chi connectivity index (χ0) is 10.1. The summed E-state index contributed by atoms with van der Waals surface area (Å²) in [7, 11) is 0. The van der Waals surface area contributed by atoms with Crippen molar-refractivity contribution in [1.29, 1.82) is 0 Å². The Kier molecular flexibility index (Phi) is 8.18. The van der Waals surface area contributed by atoms with E-state index in [9.17, 15) is 0 Å². The highest BCUT2D eigenvalue weighted by molar-refractivity contribution is 4.70. The van der Waals surface area contributed by atoms with Crippen molar-refractivity contribution in [3.63, 3.8) is 0 Å². The molecule has 0 fully saturated rings. The minimum absolute atomic E-state index is 0.864. The fourth-order valence-corrected chi connectivity index (χ4v) is 1.76. The lowest BCUT2D eigenvalue weighted by atomic mass is 9.90. The van der Waals surface area contributed by atoms with Gasteiger partial charge in [-0.25, -0.2) is 0 Å². The second-order valence-electron chi connectivity index (χ2n) is 4.49. The summed E-state index contributed by atoms with van der Waals surface area (Å²) in [6, 6.07) is 0. The molecule has 1 atom stereocenters. The van der Waals surface area contributed by atoms with E-state index in [1.807, 2.05) is 0 Å². The predicted molar refractivity (Wildman–Crippen MR) is 61.9 cm³/mol. The zero-order valence-corrected chi connectivity index (χ0v) is 9.68. The lowest BCUT2D eigenvalue weighted by Crippen LogP contribution is -2.02. The largest absolute Gasteiger partial charge is 0.103 e. The molecule has 0 aromatic carbocycles. The fourth-order valence-electron chi connectivity index (χ4n) is 1.76. The molecule has 0 saturated heterocycles. The smallest absolute Gasteiger partial charge is 0.0351 e. The van der Waals surface area contributed by atoms with Gasteiger partial charge in [0.2, 0.25) is 0 Å². The number of hydrogen-bond acceptors (Lipinski definition) is 0. The molecule has 0 amide bonds. The standard InChI is InChI=1S/C13H26/c1-5-7-9-13(8-6-2)11-10-12(3)4/h5,12-13H,1,6-11H2,2-4H3. The average molecular weight is 182 g/mol. The summed E-state index contributed by atoms with van der Waals surface area (Å²) in [5.74, 6) is 1.81. The Morgan fingerprint density at radius 3 is 2.23 bits per heavy atom. The zero-order valence-electron chi connectivity index (χ0n) is 9.68. The summed E-state index contributed by atoms with van der Waals surface area (Å²) in [5, 5.41) is 0. The van der Waals surface area contributed by atoms with E-state index >= 15 is 0 Å². The van der Waals surface area contributed by atoms with Crippen LogP contribution in [-0.2, 0) is 0 Å². The summed E-state index contributed by atoms with van der Waals surface area (Å²) in [4.78, 5) is 0. The van der Waals surface area contributed by atoms with Crippen LogP contribution in [0.4, 0.5) is 0 Å². The van der Waals surface area contributed by atoms with Crippen LogP contribution in [0, 0.1) is 11.8 Å². The maximum atomic E-state index is 3.79. The molecule has 0 nitrogen and oxygen atoms in total. The van der Waals surface area contributed by atoms with E-state index in [2.05, 4.69) is 33.4 Å². The molecule has 1 unspecified atom stereocenters. The molecule has 13 heavy (non-hydrogen) atoms. The third-order valence-electron chi connectivity index (χ3n) is 2.63. The van der Waals surface area contributed by atoms with Crippen molar-refractivity contribution in [2.45, 2.75) is 59.3 Å². The molecule has 78 valence electrons. The molecule has 0 saturated carbocycles. The molecular formula is C13H26. The number of allylic oxidation sites excluding steroid dienone is 1. The minimum Gasteiger partial charge on any atom is -0.103 e. The predicted octanol–water partition coefficient (Wildman–Crippen LogP) is 4.81. The molecule has 0 heteroatoms. The summed E-state index contributed by atoms with van der Waals surface area (Å²) in [5.41, 5.74) is 0. The summed E-state index contributed by atoms with van der Waals surface area (Å²) in [6.07, 6.45) is 10.1. The van der Waals surface area contributed by atoms with Crippen molar-refractivity contribution in [1.82, 2.24) is 0 Å². The third-order valence-corrected chi connectivity index (χ3v) is 2.63. The highest BCUT2D eigenvalue weighted by atomic mass is 14.1. The molecule has 0 aliphatic rings. The molecule has 0 bridgehead atoms. The topological polar surface area (TPSA) is 0 Å². The first kappa shape index (κ1) is 12.7. The molecular weight excluding hydrogens is 156 g/mol. The van der Waals surface area contributed by atoms with Crippen LogP contribution in [0.1, 0.15) is 59.3 Å². The van der Waals surface area contributed by atoms with Gasteiger partial charge in [-0.05, 0) is 24.7 Å². The third kappa shape index (κ3) is 8.08. The number of rotatable bonds is 8. The normalized spacial score (nSPS) is 13.2. The van der Waals surface area contributed by atoms with E-state index in [1.54, 1.807) is 0 Å². The van der Waals surface area contributed by atoms with Gasteiger partial charge in [-0.2, -0.15) is 0 Å². The highest BCUT2D eigenvalue weighted by Crippen LogP contribution is 2.21. The van der Waals surface area contributed by atoms with Gasteiger partial charge in [-0.15, -0.1) is 6.58 Å². The first-order chi connectivity index (χ1) is 6.20. The Morgan fingerprint density at radius 1 is 1.08 bits per heavy atom. The first-order valence-corrected chi connectivity index (χ1v) is 5.81. The summed E-state index contributed by atoms with van der Waals surface area (Å²) < 4.78 is 0. The van der Waals surface area contributed by atoms with Crippen LogP contribution >= 0.6 is 0 Å². The Labute approximate surface area is 84.4 Å². The maximum Gasteiger partial charge on any atom is -0.0351 e. The van der Waals surface area contributed by atoms with Crippen LogP contribution in [0.25, 0.3) is 0 Å². The summed E-state index contributed by atoms with van der Waals surface area (Å²) in [6.45, 7) is 10.7. The minimum atomic E-state index is 0.864. The Morgan fingerprint density at radius 2 is 1.77 bits per heavy atom. The van der Waals surface area contributed by atoms with Crippen LogP contribution in [-0.4, -0.2) is 0 Å². The van der Waals surface area contributed by atoms with Gasteiger partial charge in [0.05, 0.1) is 0 Å². The monoisotopic (exact) mass is 182 g/mol. The van der Waals surface area contributed by atoms with Crippen molar-refractivity contribution >= 4 is 0 Å². The molecule has 0 radical (unpaired) electrons. The van der Waals surface area contributed by atoms with Gasteiger partial charge < -0.3 is 0 Å². The van der Waals surface area contributed by atoms with E-state index in [4.69, 9.17) is 0 Å². The van der Waals surface area contributed by atoms with Gasteiger partial charge in [0.1, 0.15) is 0 Å². The highest BCUT2D eigenvalue weighted by Gasteiger charge is 2.07. The lowest BCUT2D eigenvalue weighted by molar-refractivity contribution is 0.378. The van der Waals surface area contributed by atoms with E-state index in [1.165, 1.54) is 38.5 Å². The summed E-state index contributed by atoms with van der Waals surface area (Å²) >= 11 is 0. The van der Waals surface area contributed by atoms with E-state index < -0.39 is 0 Å². The number of hydrogen-bond donors (Lipinski definition) is 0. The van der Waals surface area contributed by atoms with Crippen LogP contribution in [0.2, 0.25) is 0 Å². The molecule has 0 aromatic rings. The van der Waals surface area contributed by atoms with Gasteiger partial charge in [0.25, 0.3) is 0 Å². The second-order valence-corrected chi connectivity index (χ2v) is 4.49. The van der Waals surface area contributed by atoms with Crippen molar-refractivity contribution in [2.24, 2.45) is 11.8 Å². The van der Waals surface area contributed by atoms with Crippen LogP contribution in [0.15, 0.2) is 12.7 Å². The Bertz CT molecular complexity index is 113. The van der Waals surface area contributed by atoms with Gasteiger partial charge in [-0.3, -0.25) is 0 Å². The van der Waals surface area contributed by atoms with E-state index in [0.717, 1.165) is 11.8 Å². The fraction of sp³-hybridized carbons (Fsp3) is 0.846. The molecule has 0 aliphatic heterocycles. The van der Waals surface area contributed by atoms with Gasteiger partial charge in [0, 0.05) is 0 Å². The van der Waals surface area contributed by atoms with Crippen molar-refractivity contribution in [2.75, 3.05) is 0 Å². The Hall–Kier alpha value is -0.260. The lowest BCUT2D eigenvalue weighted by Gasteiger charge is -2.16. The van der Waals surface area contributed by atoms with Gasteiger partial charge >= 0.3 is 0 Å². The maximum absolute atomic E-state index is 3.79. The van der Waals surface area contributed by atoms with E-state index in [-0.39, 0.29) is 0 Å². The van der Waals surface area contributed by atoms with Crippen molar-refractivity contribution in [3.8, 4) is 0 Å². The molecule has 0 aromatic heterocycles. The molecule has 0 aliphatic carbocycles. The second kappa shape index (κ2) is 8.34.